The number of fused-ring (bicyclic) bond motifs is 1. The van der Waals surface area contributed by atoms with Crippen molar-refractivity contribution < 1.29 is 18.3 Å². The van der Waals surface area contributed by atoms with Crippen LogP contribution in [0, 0.1) is 6.92 Å². The van der Waals surface area contributed by atoms with E-state index in [1.54, 1.807) is 26.5 Å². The van der Waals surface area contributed by atoms with Crippen molar-refractivity contribution in [3.63, 3.8) is 0 Å². The Kier molecular flexibility index (Phi) is 3.33. The summed E-state index contributed by atoms with van der Waals surface area (Å²) in [7, 11) is -2.20. The molecule has 0 saturated heterocycles. The summed E-state index contributed by atoms with van der Waals surface area (Å²) in [5, 5.41) is 9.14. The molecule has 22 heavy (non-hydrogen) atoms. The van der Waals surface area contributed by atoms with E-state index in [1.807, 2.05) is 4.57 Å². The van der Waals surface area contributed by atoms with E-state index in [1.165, 1.54) is 14.9 Å². The highest BCUT2D eigenvalue weighted by atomic mass is 32.2. The SMILES string of the molecule is Cc1c(S(=O)(=O)N2CCn3cncc3C2)cc(C(=O)O)n1C. The molecule has 8 nitrogen and oxygen atoms in total. The van der Waals surface area contributed by atoms with Gasteiger partial charge in [-0.1, -0.05) is 0 Å². The monoisotopic (exact) mass is 324 g/mol. The molecule has 0 aromatic carbocycles. The van der Waals surface area contributed by atoms with Gasteiger partial charge in [-0.3, -0.25) is 0 Å². The molecule has 0 radical (unpaired) electrons. The standard InChI is InChI=1S/C13H16N4O4S/c1-9-12(5-11(13(18)19)15(9)2)22(20,21)17-4-3-16-8-14-6-10(16)7-17/h5-6,8H,3-4,7H2,1-2H3,(H,18,19). The Morgan fingerprint density at radius 3 is 2.73 bits per heavy atom. The van der Waals surface area contributed by atoms with Gasteiger partial charge in [0.2, 0.25) is 10.0 Å². The smallest absolute Gasteiger partial charge is 0.352 e. The van der Waals surface area contributed by atoms with Crippen LogP contribution < -0.4 is 0 Å². The van der Waals surface area contributed by atoms with Crippen LogP contribution in [0.1, 0.15) is 21.9 Å². The molecule has 2 aromatic heterocycles. The first-order valence-corrected chi connectivity index (χ1v) is 8.15. The van der Waals surface area contributed by atoms with Gasteiger partial charge < -0.3 is 14.2 Å². The second-order valence-electron chi connectivity index (χ2n) is 5.26. The van der Waals surface area contributed by atoms with E-state index >= 15 is 0 Å². The number of nitrogens with zero attached hydrogens (tertiary/aromatic N) is 4. The molecule has 0 saturated carbocycles. The summed E-state index contributed by atoms with van der Waals surface area (Å²) in [6.07, 6.45) is 3.32. The largest absolute Gasteiger partial charge is 0.477 e. The molecular weight excluding hydrogens is 308 g/mol. The zero-order valence-electron chi connectivity index (χ0n) is 12.2. The number of carbonyl (C=O) groups is 1. The number of hydrogen-bond acceptors (Lipinski definition) is 4. The molecule has 2 aromatic rings. The maximum Gasteiger partial charge on any atom is 0.352 e. The van der Waals surface area contributed by atoms with Crippen LogP contribution in [-0.2, 0) is 30.2 Å². The van der Waals surface area contributed by atoms with Crippen LogP contribution >= 0.6 is 0 Å². The lowest BCUT2D eigenvalue weighted by molar-refractivity contribution is 0.0686. The van der Waals surface area contributed by atoms with Gasteiger partial charge in [0, 0.05) is 32.0 Å². The Hall–Kier alpha value is -2.13. The molecule has 0 aliphatic carbocycles. The number of sulfonamides is 1. The first-order chi connectivity index (χ1) is 10.3. The summed E-state index contributed by atoms with van der Waals surface area (Å²) in [6.45, 7) is 2.71. The topological polar surface area (TPSA) is 97.4 Å². The molecule has 0 fully saturated rings. The lowest BCUT2D eigenvalue weighted by Crippen LogP contribution is -2.38. The van der Waals surface area contributed by atoms with Crippen LogP contribution in [0.15, 0.2) is 23.5 Å². The molecule has 9 heteroatoms. The summed E-state index contributed by atoms with van der Waals surface area (Å²) in [5.74, 6) is -1.15. The first kappa shape index (κ1) is 14.8. The van der Waals surface area contributed by atoms with E-state index in [2.05, 4.69) is 4.98 Å². The Balaban J connectivity index is 2.01. The van der Waals surface area contributed by atoms with Crippen LogP contribution in [0.3, 0.4) is 0 Å². The van der Waals surface area contributed by atoms with Gasteiger partial charge in [0.25, 0.3) is 0 Å². The molecule has 1 aliphatic heterocycles. The predicted octanol–water partition coefficient (Wildman–Crippen LogP) is 0.433. The van der Waals surface area contributed by atoms with Gasteiger partial charge in [-0.05, 0) is 13.0 Å². The minimum Gasteiger partial charge on any atom is -0.477 e. The summed E-state index contributed by atoms with van der Waals surface area (Å²) < 4.78 is 30.3. The number of carboxylic acids is 1. The third-order valence-electron chi connectivity index (χ3n) is 4.05. The highest BCUT2D eigenvalue weighted by Gasteiger charge is 2.32. The summed E-state index contributed by atoms with van der Waals surface area (Å²) >= 11 is 0. The van der Waals surface area contributed by atoms with Crippen molar-refractivity contribution in [1.29, 1.82) is 0 Å². The Labute approximate surface area is 127 Å². The van der Waals surface area contributed by atoms with Crippen LogP contribution in [0.25, 0.3) is 0 Å². The molecule has 118 valence electrons. The number of rotatable bonds is 3. The lowest BCUT2D eigenvalue weighted by Gasteiger charge is -2.27. The number of aromatic nitrogens is 3. The maximum atomic E-state index is 12.8. The minimum absolute atomic E-state index is 0.0420. The Bertz CT molecular complexity index is 850. The molecule has 0 bridgehead atoms. The summed E-state index contributed by atoms with van der Waals surface area (Å²) in [6, 6.07) is 1.22. The van der Waals surface area contributed by atoms with Gasteiger partial charge in [0.05, 0.1) is 18.6 Å². The van der Waals surface area contributed by atoms with Gasteiger partial charge in [0.15, 0.2) is 0 Å². The molecule has 0 amide bonds. The average molecular weight is 324 g/mol. The van der Waals surface area contributed by atoms with Crippen LogP contribution in [0.5, 0.6) is 0 Å². The van der Waals surface area contributed by atoms with Gasteiger partial charge in [-0.2, -0.15) is 4.31 Å². The second kappa shape index (κ2) is 4.96. The average Bonchev–Trinajstić information content (AvgIpc) is 3.04. The first-order valence-electron chi connectivity index (χ1n) is 6.71. The Morgan fingerprint density at radius 2 is 2.09 bits per heavy atom. The van der Waals surface area contributed by atoms with E-state index in [-0.39, 0.29) is 17.1 Å². The van der Waals surface area contributed by atoms with Crippen molar-refractivity contribution in [1.82, 2.24) is 18.4 Å². The maximum absolute atomic E-state index is 12.8. The van der Waals surface area contributed by atoms with Gasteiger partial charge in [-0.15, -0.1) is 0 Å². The number of imidazole rings is 1. The molecule has 1 aliphatic rings. The van der Waals surface area contributed by atoms with Crippen molar-refractivity contribution in [2.45, 2.75) is 24.9 Å². The quantitative estimate of drug-likeness (QED) is 0.883. The number of hydrogen-bond donors (Lipinski definition) is 1. The fourth-order valence-corrected chi connectivity index (χ4v) is 4.32. The molecule has 0 spiro atoms. The fraction of sp³-hybridized carbons (Fsp3) is 0.385. The zero-order valence-corrected chi connectivity index (χ0v) is 13.0. The van der Waals surface area contributed by atoms with E-state index < -0.39 is 16.0 Å². The Morgan fingerprint density at radius 1 is 1.36 bits per heavy atom. The van der Waals surface area contributed by atoms with Gasteiger partial charge >= 0.3 is 5.97 Å². The molecule has 1 N–H and O–H groups in total. The third-order valence-corrected chi connectivity index (χ3v) is 6.01. The van der Waals surface area contributed by atoms with Crippen LogP contribution in [0.2, 0.25) is 0 Å². The molecule has 0 unspecified atom stereocenters. The molecule has 0 atom stereocenters. The fourth-order valence-electron chi connectivity index (χ4n) is 2.64. The van der Waals surface area contributed by atoms with Crippen molar-refractivity contribution in [2.75, 3.05) is 6.54 Å². The van der Waals surface area contributed by atoms with E-state index in [0.717, 1.165) is 5.69 Å². The number of carboxylic acid groups (broad SMARTS) is 1. The highest BCUT2D eigenvalue weighted by molar-refractivity contribution is 7.89. The van der Waals surface area contributed by atoms with E-state index in [0.29, 0.717) is 18.8 Å². The van der Waals surface area contributed by atoms with Gasteiger partial charge in [0.1, 0.15) is 10.6 Å². The summed E-state index contributed by atoms with van der Waals surface area (Å²) in [4.78, 5) is 15.2. The number of aromatic carboxylic acids is 1. The van der Waals surface area contributed by atoms with Crippen molar-refractivity contribution in [2.24, 2.45) is 7.05 Å². The van der Waals surface area contributed by atoms with E-state index in [4.69, 9.17) is 5.11 Å². The van der Waals surface area contributed by atoms with Crippen molar-refractivity contribution >= 4 is 16.0 Å². The third kappa shape index (κ3) is 2.13. The predicted molar refractivity (Wildman–Crippen MR) is 76.9 cm³/mol. The minimum atomic E-state index is -3.74. The molecule has 3 heterocycles. The van der Waals surface area contributed by atoms with Crippen molar-refractivity contribution in [3.8, 4) is 0 Å². The van der Waals surface area contributed by atoms with Crippen molar-refractivity contribution in [3.05, 3.63) is 35.7 Å². The highest BCUT2D eigenvalue weighted by Crippen LogP contribution is 2.26. The molecular formula is C13H16N4O4S. The normalized spacial score (nSPS) is 15.7. The lowest BCUT2D eigenvalue weighted by atomic mass is 10.4. The van der Waals surface area contributed by atoms with Crippen LogP contribution in [0.4, 0.5) is 0 Å². The second-order valence-corrected chi connectivity index (χ2v) is 7.17. The van der Waals surface area contributed by atoms with Gasteiger partial charge in [-0.25, -0.2) is 18.2 Å². The van der Waals surface area contributed by atoms with Crippen LogP contribution in [-0.4, -0.2) is 44.5 Å². The summed E-state index contributed by atoms with van der Waals surface area (Å²) in [5.41, 5.74) is 1.19. The zero-order chi connectivity index (χ0) is 16.1. The van der Waals surface area contributed by atoms with E-state index in [9.17, 15) is 13.2 Å². The molecule has 3 rings (SSSR count).